The topological polar surface area (TPSA) is 102 Å². The second-order valence-electron chi connectivity index (χ2n) is 2.60. The molecule has 0 spiro atoms. The number of hydrogen-bond acceptors (Lipinski definition) is 6. The van der Waals surface area contributed by atoms with E-state index in [0.29, 0.717) is 12.2 Å². The van der Waals surface area contributed by atoms with Crippen molar-refractivity contribution in [1.29, 1.82) is 0 Å². The fourth-order valence-corrected chi connectivity index (χ4v) is 3.90. The Labute approximate surface area is 99.4 Å². The summed E-state index contributed by atoms with van der Waals surface area (Å²) in [6.45, 7) is 0. The van der Waals surface area contributed by atoms with Gasteiger partial charge in [0.05, 0.1) is 0 Å². The number of carbonyl (C=O) groups excluding carboxylic acids is 2. The molecule has 16 heavy (non-hydrogen) atoms. The summed E-state index contributed by atoms with van der Waals surface area (Å²) in [6, 6.07) is 0. The molecule has 0 aromatic heterocycles. The number of Topliss-reactive ketones (excluding diaryl/α,β-unsaturated/α-hetero) is 1. The predicted octanol–water partition coefficient (Wildman–Crippen LogP) is 0.0432. The lowest BCUT2D eigenvalue weighted by Gasteiger charge is -2.08. The summed E-state index contributed by atoms with van der Waals surface area (Å²) in [5.41, 5.74) is 0. The van der Waals surface area contributed by atoms with E-state index in [1.165, 1.54) is 0 Å². The molecule has 0 aliphatic heterocycles. The number of halogens is 2. The maximum atomic E-state index is 11.2. The van der Waals surface area contributed by atoms with Crippen LogP contribution in [0.4, 0.5) is 0 Å². The van der Waals surface area contributed by atoms with E-state index in [9.17, 15) is 26.4 Å². The molecule has 0 unspecified atom stereocenters. The highest BCUT2D eigenvalue weighted by Gasteiger charge is 2.37. The van der Waals surface area contributed by atoms with Crippen molar-refractivity contribution in [1.82, 2.24) is 0 Å². The van der Waals surface area contributed by atoms with Gasteiger partial charge in [-0.3, -0.25) is 9.59 Å². The van der Waals surface area contributed by atoms with Crippen molar-refractivity contribution in [2.45, 2.75) is 0 Å². The fraction of sp³-hybridized carbons (Fsp3) is 0. The Kier molecular flexibility index (Phi) is 3.30. The Morgan fingerprint density at radius 2 is 1.38 bits per heavy atom. The number of rotatable bonds is 2. The van der Waals surface area contributed by atoms with Crippen LogP contribution in [0.2, 0.25) is 0 Å². The third kappa shape index (κ3) is 2.51. The number of hydrogen-bond donors (Lipinski definition) is 0. The molecule has 1 aliphatic carbocycles. The van der Waals surface area contributed by atoms with Crippen molar-refractivity contribution < 1.29 is 26.4 Å². The third-order valence-corrected chi connectivity index (χ3v) is 4.40. The molecule has 6 nitrogen and oxygen atoms in total. The average Bonchev–Trinajstić information content (AvgIpc) is 2.05. The van der Waals surface area contributed by atoms with Crippen LogP contribution < -0.4 is 0 Å². The summed E-state index contributed by atoms with van der Waals surface area (Å²) in [5.74, 6) is -2.72. The Hall–Kier alpha value is -0.700. The highest BCUT2D eigenvalue weighted by atomic mass is 35.7. The van der Waals surface area contributed by atoms with Gasteiger partial charge in [0.25, 0.3) is 18.1 Å². The summed E-state index contributed by atoms with van der Waals surface area (Å²) in [4.78, 5) is 19.7. The zero-order chi connectivity index (χ0) is 12.7. The molecule has 0 aromatic carbocycles. The first-order chi connectivity index (χ1) is 7.05. The van der Waals surface area contributed by atoms with E-state index in [1.807, 2.05) is 0 Å². The van der Waals surface area contributed by atoms with Crippen LogP contribution >= 0.6 is 21.4 Å². The van der Waals surface area contributed by atoms with Gasteiger partial charge in [-0.1, -0.05) is 0 Å². The van der Waals surface area contributed by atoms with Crippen molar-refractivity contribution in [3.63, 3.8) is 0 Å². The molecule has 88 valence electrons. The average molecular weight is 305 g/mol. The first-order valence-electron chi connectivity index (χ1n) is 3.45. The zero-order valence-electron chi connectivity index (χ0n) is 7.18. The van der Waals surface area contributed by atoms with Crippen molar-refractivity contribution >= 4 is 51.0 Å². The molecule has 1 aliphatic rings. The second-order valence-corrected chi connectivity index (χ2v) is 7.63. The van der Waals surface area contributed by atoms with Crippen LogP contribution in [0.15, 0.2) is 22.0 Å². The quantitative estimate of drug-likeness (QED) is 0.405. The van der Waals surface area contributed by atoms with E-state index >= 15 is 0 Å². The number of allylic oxidation sites excluding steroid dienone is 3. The largest absolute Gasteiger partial charge is 0.286 e. The minimum absolute atomic E-state index is 0.600. The summed E-state index contributed by atoms with van der Waals surface area (Å²) in [6.07, 6.45) is 1.21. The molecular weight excluding hydrogens is 303 g/mol. The van der Waals surface area contributed by atoms with Gasteiger partial charge in [-0.05, 0) is 12.2 Å². The maximum Gasteiger partial charge on any atom is 0.266 e. The van der Waals surface area contributed by atoms with Crippen LogP contribution in [0.5, 0.6) is 0 Å². The predicted molar refractivity (Wildman–Crippen MR) is 55.7 cm³/mol. The highest BCUT2D eigenvalue weighted by molar-refractivity contribution is 8.20. The first kappa shape index (κ1) is 13.4. The minimum Gasteiger partial charge on any atom is -0.286 e. The lowest BCUT2D eigenvalue weighted by Crippen LogP contribution is -2.23. The smallest absolute Gasteiger partial charge is 0.266 e. The van der Waals surface area contributed by atoms with E-state index in [2.05, 4.69) is 0 Å². The molecule has 0 atom stereocenters. The van der Waals surface area contributed by atoms with E-state index in [1.54, 1.807) is 0 Å². The fourth-order valence-electron chi connectivity index (χ4n) is 0.949. The van der Waals surface area contributed by atoms with E-state index in [0.717, 1.165) is 0 Å². The van der Waals surface area contributed by atoms with Gasteiger partial charge in [0.15, 0.2) is 4.91 Å². The molecule has 0 bridgehead atoms. The summed E-state index contributed by atoms with van der Waals surface area (Å²) >= 11 is 0. The molecule has 0 amide bonds. The van der Waals surface area contributed by atoms with Crippen LogP contribution in [0.1, 0.15) is 0 Å². The van der Waals surface area contributed by atoms with Gasteiger partial charge in [0.2, 0.25) is 11.6 Å². The van der Waals surface area contributed by atoms with E-state index in [-0.39, 0.29) is 0 Å². The maximum absolute atomic E-state index is 11.2. The second kappa shape index (κ2) is 3.95. The minimum atomic E-state index is -4.67. The molecule has 0 saturated heterocycles. The lowest BCUT2D eigenvalue weighted by atomic mass is 10.1. The Morgan fingerprint density at radius 3 is 1.75 bits per heavy atom. The van der Waals surface area contributed by atoms with Gasteiger partial charge in [-0.15, -0.1) is 0 Å². The van der Waals surface area contributed by atoms with Gasteiger partial charge in [-0.25, -0.2) is 16.8 Å². The molecule has 0 fully saturated rings. The molecule has 0 radical (unpaired) electrons. The lowest BCUT2D eigenvalue weighted by molar-refractivity contribution is -0.131. The van der Waals surface area contributed by atoms with Gasteiger partial charge in [0.1, 0.15) is 4.91 Å². The standard InChI is InChI=1S/C6H2Cl2O6S2/c7-15(11,12)4-2-1-3(9)5(10)6(4)16(8,13)14/h1-2H. The third-order valence-electron chi connectivity index (χ3n) is 1.55. The zero-order valence-corrected chi connectivity index (χ0v) is 10.3. The van der Waals surface area contributed by atoms with Gasteiger partial charge >= 0.3 is 0 Å². The molecule has 0 N–H and O–H groups in total. The summed E-state index contributed by atoms with van der Waals surface area (Å²) in [7, 11) is 0.600. The van der Waals surface area contributed by atoms with Crippen molar-refractivity contribution in [3.05, 3.63) is 22.0 Å². The van der Waals surface area contributed by atoms with Gasteiger partial charge in [-0.2, -0.15) is 0 Å². The Balaban J connectivity index is 3.75. The van der Waals surface area contributed by atoms with Crippen molar-refractivity contribution in [2.24, 2.45) is 0 Å². The molecule has 0 heterocycles. The van der Waals surface area contributed by atoms with Crippen molar-refractivity contribution in [2.75, 3.05) is 0 Å². The van der Waals surface area contributed by atoms with E-state index < -0.39 is 39.5 Å². The van der Waals surface area contributed by atoms with Crippen LogP contribution in [0.25, 0.3) is 0 Å². The normalized spacial score (nSPS) is 18.1. The molecule has 10 heteroatoms. The SMILES string of the molecule is O=C1C=CC(S(=O)(=O)Cl)=C(S(=O)(=O)Cl)C1=O. The Morgan fingerprint density at radius 1 is 0.875 bits per heavy atom. The number of ketones is 2. The van der Waals surface area contributed by atoms with Crippen molar-refractivity contribution in [3.8, 4) is 0 Å². The van der Waals surface area contributed by atoms with Crippen LogP contribution in [0, 0.1) is 0 Å². The van der Waals surface area contributed by atoms with Crippen LogP contribution in [-0.2, 0) is 27.7 Å². The van der Waals surface area contributed by atoms with Gasteiger partial charge in [0, 0.05) is 21.4 Å². The monoisotopic (exact) mass is 304 g/mol. The highest BCUT2D eigenvalue weighted by Crippen LogP contribution is 2.28. The van der Waals surface area contributed by atoms with Crippen LogP contribution in [0.3, 0.4) is 0 Å². The molecule has 1 rings (SSSR count). The molecule has 0 aromatic rings. The summed E-state index contributed by atoms with van der Waals surface area (Å²) in [5, 5.41) is 0. The molecule has 0 saturated carbocycles. The first-order valence-corrected chi connectivity index (χ1v) is 8.07. The summed E-state index contributed by atoms with van der Waals surface area (Å²) < 4.78 is 43.9. The van der Waals surface area contributed by atoms with Crippen LogP contribution in [-0.4, -0.2) is 28.4 Å². The Bertz CT molecular complexity index is 637. The molecular formula is C6H2Cl2O6S2. The van der Waals surface area contributed by atoms with Gasteiger partial charge < -0.3 is 0 Å². The van der Waals surface area contributed by atoms with E-state index in [4.69, 9.17) is 21.4 Å². The number of carbonyl (C=O) groups is 2.